The zero-order chi connectivity index (χ0) is 15.5. The first-order valence-corrected chi connectivity index (χ1v) is 9.17. The molecule has 0 amide bonds. The Labute approximate surface area is 128 Å². The highest BCUT2D eigenvalue weighted by Crippen LogP contribution is 2.27. The molecule has 5 heteroatoms. The Hall–Kier alpha value is -0.910. The predicted octanol–water partition coefficient (Wildman–Crippen LogP) is 2.53. The summed E-state index contributed by atoms with van der Waals surface area (Å²) >= 11 is 0. The molecule has 0 atom stereocenters. The average molecular weight is 310 g/mol. The van der Waals surface area contributed by atoms with Gasteiger partial charge in [-0.15, -0.1) is 0 Å². The fraction of sp³-hybridized carbons (Fsp3) is 0.625. The molecule has 1 aliphatic heterocycles. The first-order valence-electron chi connectivity index (χ1n) is 7.73. The third-order valence-electron chi connectivity index (χ3n) is 4.40. The lowest BCUT2D eigenvalue weighted by Crippen LogP contribution is -2.38. The Kier molecular flexibility index (Phi) is 5.41. The molecule has 0 aliphatic carbocycles. The molecule has 0 spiro atoms. The van der Waals surface area contributed by atoms with Crippen LogP contribution in [0.5, 0.6) is 0 Å². The summed E-state index contributed by atoms with van der Waals surface area (Å²) in [6.07, 6.45) is 3.10. The summed E-state index contributed by atoms with van der Waals surface area (Å²) in [5.74, 6) is 0.674. The number of rotatable bonds is 5. The largest absolute Gasteiger partial charge is 0.316 e. The van der Waals surface area contributed by atoms with Gasteiger partial charge < -0.3 is 5.32 Å². The Morgan fingerprint density at radius 1 is 1.29 bits per heavy atom. The topological polar surface area (TPSA) is 49.4 Å². The van der Waals surface area contributed by atoms with E-state index in [1.807, 2.05) is 32.2 Å². The molecule has 1 fully saturated rings. The molecule has 1 aliphatic rings. The van der Waals surface area contributed by atoms with Crippen molar-refractivity contribution in [2.75, 3.05) is 20.1 Å². The molecule has 21 heavy (non-hydrogen) atoms. The summed E-state index contributed by atoms with van der Waals surface area (Å²) in [7, 11) is -1.49. The maximum atomic E-state index is 12.9. The monoisotopic (exact) mass is 310 g/mol. The van der Waals surface area contributed by atoms with E-state index in [1.165, 1.54) is 0 Å². The van der Waals surface area contributed by atoms with Gasteiger partial charge in [-0.2, -0.15) is 4.31 Å². The molecule has 0 bridgehead atoms. The molecule has 118 valence electrons. The van der Waals surface area contributed by atoms with Gasteiger partial charge in [0.25, 0.3) is 0 Å². The molecule has 0 unspecified atom stereocenters. The normalized spacial score (nSPS) is 18.0. The molecule has 1 saturated heterocycles. The first-order chi connectivity index (χ1) is 9.98. The van der Waals surface area contributed by atoms with E-state index in [2.05, 4.69) is 12.2 Å². The van der Waals surface area contributed by atoms with Crippen LogP contribution in [-0.2, 0) is 16.6 Å². The number of hydrogen-bond acceptors (Lipinski definition) is 3. The van der Waals surface area contributed by atoms with Gasteiger partial charge in [0, 0.05) is 19.6 Å². The van der Waals surface area contributed by atoms with E-state index in [0.29, 0.717) is 30.4 Å². The second-order valence-corrected chi connectivity index (χ2v) is 7.79. The van der Waals surface area contributed by atoms with Crippen LogP contribution in [0, 0.1) is 12.8 Å². The van der Waals surface area contributed by atoms with Gasteiger partial charge in [-0.1, -0.05) is 25.5 Å². The standard InChI is InChI=1S/C16H26N2O2S/c1-4-14-7-9-18(10-8-14)21(19,20)16-11-15(12-17-3)6-5-13(16)2/h5-6,11,14,17H,4,7-10,12H2,1-3H3. The summed E-state index contributed by atoms with van der Waals surface area (Å²) in [4.78, 5) is 0.463. The molecule has 0 radical (unpaired) electrons. The van der Waals surface area contributed by atoms with Crippen molar-refractivity contribution >= 4 is 10.0 Å². The maximum absolute atomic E-state index is 12.9. The van der Waals surface area contributed by atoms with Gasteiger partial charge in [0.15, 0.2) is 0 Å². The van der Waals surface area contributed by atoms with Crippen LogP contribution in [-0.4, -0.2) is 32.9 Å². The van der Waals surface area contributed by atoms with E-state index in [1.54, 1.807) is 4.31 Å². The minimum Gasteiger partial charge on any atom is -0.316 e. The van der Waals surface area contributed by atoms with Crippen LogP contribution in [0.4, 0.5) is 0 Å². The van der Waals surface area contributed by atoms with Crippen LogP contribution in [0.3, 0.4) is 0 Å². The van der Waals surface area contributed by atoms with E-state index < -0.39 is 10.0 Å². The summed E-state index contributed by atoms with van der Waals surface area (Å²) in [5, 5.41) is 3.07. The van der Waals surface area contributed by atoms with Crippen molar-refractivity contribution in [3.05, 3.63) is 29.3 Å². The van der Waals surface area contributed by atoms with Crippen LogP contribution >= 0.6 is 0 Å². The van der Waals surface area contributed by atoms with Crippen molar-refractivity contribution in [3.8, 4) is 0 Å². The lowest BCUT2D eigenvalue weighted by atomic mass is 9.96. The molecular weight excluding hydrogens is 284 g/mol. The van der Waals surface area contributed by atoms with E-state index in [9.17, 15) is 8.42 Å². The molecule has 1 aromatic rings. The van der Waals surface area contributed by atoms with Gasteiger partial charge >= 0.3 is 0 Å². The third-order valence-corrected chi connectivity index (χ3v) is 6.44. The lowest BCUT2D eigenvalue weighted by molar-refractivity contribution is 0.269. The number of sulfonamides is 1. The second-order valence-electron chi connectivity index (χ2n) is 5.89. The minimum atomic E-state index is -3.36. The SMILES string of the molecule is CCC1CCN(S(=O)(=O)c2cc(CNC)ccc2C)CC1. The van der Waals surface area contributed by atoms with Crippen LogP contribution < -0.4 is 5.32 Å². The highest BCUT2D eigenvalue weighted by atomic mass is 32.2. The Morgan fingerprint density at radius 2 is 1.95 bits per heavy atom. The van der Waals surface area contributed by atoms with E-state index in [-0.39, 0.29) is 0 Å². The van der Waals surface area contributed by atoms with Gasteiger partial charge in [-0.05, 0) is 49.9 Å². The van der Waals surface area contributed by atoms with E-state index in [4.69, 9.17) is 0 Å². The average Bonchev–Trinajstić information content (AvgIpc) is 2.49. The molecule has 2 rings (SSSR count). The van der Waals surface area contributed by atoms with Crippen molar-refractivity contribution in [1.82, 2.24) is 9.62 Å². The van der Waals surface area contributed by atoms with Gasteiger partial charge in [-0.3, -0.25) is 0 Å². The molecule has 0 saturated carbocycles. The first kappa shape index (κ1) is 16.5. The summed E-state index contributed by atoms with van der Waals surface area (Å²) in [6.45, 7) is 6.03. The minimum absolute atomic E-state index is 0.463. The molecule has 0 aromatic heterocycles. The zero-order valence-electron chi connectivity index (χ0n) is 13.2. The number of aryl methyl sites for hydroxylation is 1. The highest BCUT2D eigenvalue weighted by Gasteiger charge is 2.29. The third kappa shape index (κ3) is 3.65. The van der Waals surface area contributed by atoms with Crippen LogP contribution in [0.1, 0.15) is 37.3 Å². The van der Waals surface area contributed by atoms with Gasteiger partial charge in [0.05, 0.1) is 4.90 Å². The quantitative estimate of drug-likeness (QED) is 0.909. The summed E-state index contributed by atoms with van der Waals surface area (Å²) in [6, 6.07) is 5.69. The van der Waals surface area contributed by atoms with Crippen LogP contribution in [0.25, 0.3) is 0 Å². The predicted molar refractivity (Wildman–Crippen MR) is 85.7 cm³/mol. The zero-order valence-corrected chi connectivity index (χ0v) is 14.0. The second kappa shape index (κ2) is 6.90. The van der Waals surface area contributed by atoms with E-state index in [0.717, 1.165) is 30.4 Å². The Balaban J connectivity index is 2.25. The van der Waals surface area contributed by atoms with Gasteiger partial charge in [-0.25, -0.2) is 8.42 Å². The Morgan fingerprint density at radius 3 is 2.52 bits per heavy atom. The van der Waals surface area contributed by atoms with Crippen molar-refractivity contribution < 1.29 is 8.42 Å². The number of nitrogens with one attached hydrogen (secondary N) is 1. The highest BCUT2D eigenvalue weighted by molar-refractivity contribution is 7.89. The van der Waals surface area contributed by atoms with E-state index >= 15 is 0 Å². The molecule has 1 N–H and O–H groups in total. The van der Waals surface area contributed by atoms with Crippen molar-refractivity contribution in [1.29, 1.82) is 0 Å². The number of piperidine rings is 1. The summed E-state index contributed by atoms with van der Waals surface area (Å²) in [5.41, 5.74) is 1.83. The number of benzene rings is 1. The Bertz CT molecular complexity index is 576. The molecular formula is C16H26N2O2S. The van der Waals surface area contributed by atoms with Crippen molar-refractivity contribution in [2.45, 2.75) is 44.6 Å². The van der Waals surface area contributed by atoms with Crippen molar-refractivity contribution in [2.24, 2.45) is 5.92 Å². The maximum Gasteiger partial charge on any atom is 0.243 e. The molecule has 4 nitrogen and oxygen atoms in total. The molecule has 1 heterocycles. The van der Waals surface area contributed by atoms with Crippen LogP contribution in [0.15, 0.2) is 23.1 Å². The van der Waals surface area contributed by atoms with Crippen molar-refractivity contribution in [3.63, 3.8) is 0 Å². The summed E-state index contributed by atoms with van der Waals surface area (Å²) < 4.78 is 27.4. The van der Waals surface area contributed by atoms with Gasteiger partial charge in [0.2, 0.25) is 10.0 Å². The number of nitrogens with zero attached hydrogens (tertiary/aromatic N) is 1. The lowest BCUT2D eigenvalue weighted by Gasteiger charge is -2.31. The van der Waals surface area contributed by atoms with Crippen LogP contribution in [0.2, 0.25) is 0 Å². The smallest absolute Gasteiger partial charge is 0.243 e. The fourth-order valence-electron chi connectivity index (χ4n) is 2.93. The van der Waals surface area contributed by atoms with Gasteiger partial charge in [0.1, 0.15) is 0 Å². The fourth-order valence-corrected chi connectivity index (χ4v) is 4.68. The molecule has 1 aromatic carbocycles. The number of hydrogen-bond donors (Lipinski definition) is 1.